The lowest BCUT2D eigenvalue weighted by Gasteiger charge is -2.38. The van der Waals surface area contributed by atoms with Gasteiger partial charge in [0.05, 0.1) is 19.8 Å². The largest absolute Gasteiger partial charge is 0.449 e. The van der Waals surface area contributed by atoms with Crippen molar-refractivity contribution in [2.45, 2.75) is 51.4 Å². The molecule has 0 bridgehead atoms. The van der Waals surface area contributed by atoms with E-state index in [2.05, 4.69) is 0 Å². The summed E-state index contributed by atoms with van der Waals surface area (Å²) in [6.07, 6.45) is 3.32. The lowest BCUT2D eigenvalue weighted by atomic mass is 9.89. The molecule has 1 spiro atoms. The molecule has 19 heavy (non-hydrogen) atoms. The summed E-state index contributed by atoms with van der Waals surface area (Å²) in [7, 11) is 1.82. The van der Waals surface area contributed by atoms with Crippen LogP contribution in [0.1, 0.15) is 39.5 Å². The van der Waals surface area contributed by atoms with Crippen LogP contribution in [0.5, 0.6) is 0 Å². The molecule has 0 atom stereocenters. The second-order valence-electron chi connectivity index (χ2n) is 5.92. The zero-order valence-electron chi connectivity index (χ0n) is 12.2. The maximum Gasteiger partial charge on any atom is 0.409 e. The fraction of sp³-hybridized carbons (Fsp3) is 0.929. The van der Waals surface area contributed by atoms with Gasteiger partial charge in [-0.05, 0) is 18.8 Å². The molecule has 0 radical (unpaired) electrons. The van der Waals surface area contributed by atoms with Crippen molar-refractivity contribution in [2.75, 3.05) is 26.9 Å². The molecule has 0 N–H and O–H groups in total. The molecule has 1 saturated heterocycles. The van der Waals surface area contributed by atoms with Gasteiger partial charge in [-0.1, -0.05) is 13.8 Å². The summed E-state index contributed by atoms with van der Waals surface area (Å²) in [4.78, 5) is 13.6. The van der Waals surface area contributed by atoms with E-state index in [1.807, 2.05) is 20.9 Å². The highest BCUT2D eigenvalue weighted by Gasteiger charge is 2.41. The Morgan fingerprint density at radius 1 is 1.32 bits per heavy atom. The molecule has 2 aliphatic rings. The van der Waals surface area contributed by atoms with Crippen molar-refractivity contribution in [2.24, 2.45) is 5.92 Å². The lowest BCUT2D eigenvalue weighted by Crippen LogP contribution is -2.45. The van der Waals surface area contributed by atoms with E-state index in [1.165, 1.54) is 0 Å². The molecule has 5 nitrogen and oxygen atoms in total. The molecule has 1 heterocycles. The molecule has 0 aromatic heterocycles. The van der Waals surface area contributed by atoms with Crippen molar-refractivity contribution in [3.8, 4) is 0 Å². The minimum Gasteiger partial charge on any atom is -0.449 e. The first-order valence-corrected chi connectivity index (χ1v) is 7.20. The molecule has 110 valence electrons. The van der Waals surface area contributed by atoms with Crippen LogP contribution in [0, 0.1) is 5.92 Å². The van der Waals surface area contributed by atoms with Crippen LogP contribution < -0.4 is 0 Å². The van der Waals surface area contributed by atoms with Crippen molar-refractivity contribution in [1.82, 2.24) is 4.90 Å². The van der Waals surface area contributed by atoms with E-state index >= 15 is 0 Å². The quantitative estimate of drug-likeness (QED) is 0.791. The summed E-state index contributed by atoms with van der Waals surface area (Å²) in [5.74, 6) is 0.00591. The molecule has 1 saturated carbocycles. The Labute approximate surface area is 115 Å². The predicted octanol–water partition coefficient (Wildman–Crippen LogP) is 2.40. The molecule has 1 amide bonds. The Morgan fingerprint density at radius 3 is 2.42 bits per heavy atom. The van der Waals surface area contributed by atoms with Crippen LogP contribution in [-0.2, 0) is 14.2 Å². The van der Waals surface area contributed by atoms with E-state index in [-0.39, 0.29) is 17.9 Å². The number of ether oxygens (including phenoxy) is 3. The minimum atomic E-state index is -0.362. The van der Waals surface area contributed by atoms with Crippen LogP contribution in [0.4, 0.5) is 4.79 Å². The smallest absolute Gasteiger partial charge is 0.409 e. The number of hydrogen-bond donors (Lipinski definition) is 0. The van der Waals surface area contributed by atoms with Crippen molar-refractivity contribution in [3.63, 3.8) is 0 Å². The monoisotopic (exact) mass is 271 g/mol. The highest BCUT2D eigenvalue weighted by atomic mass is 16.7. The lowest BCUT2D eigenvalue weighted by molar-refractivity contribution is -0.182. The molecule has 2 rings (SSSR count). The van der Waals surface area contributed by atoms with E-state index in [4.69, 9.17) is 14.2 Å². The first-order valence-electron chi connectivity index (χ1n) is 7.20. The number of amides is 1. The van der Waals surface area contributed by atoms with Crippen LogP contribution in [-0.4, -0.2) is 49.7 Å². The Morgan fingerprint density at radius 2 is 1.89 bits per heavy atom. The van der Waals surface area contributed by atoms with Crippen molar-refractivity contribution in [1.29, 1.82) is 0 Å². The van der Waals surface area contributed by atoms with E-state index in [0.717, 1.165) is 25.7 Å². The van der Waals surface area contributed by atoms with E-state index in [9.17, 15) is 4.79 Å². The van der Waals surface area contributed by atoms with Gasteiger partial charge in [-0.3, -0.25) is 0 Å². The van der Waals surface area contributed by atoms with Gasteiger partial charge in [0.2, 0.25) is 0 Å². The summed E-state index contributed by atoms with van der Waals surface area (Å²) in [6.45, 7) is 5.93. The number of rotatable bonds is 3. The molecule has 5 heteroatoms. The van der Waals surface area contributed by atoms with Crippen LogP contribution in [0.15, 0.2) is 0 Å². The standard InChI is InChI=1S/C14H25NO4/c1-11(2)10-17-13(16)15(3)12-4-6-14(7-5-12)18-8-9-19-14/h11-12H,4-10H2,1-3H3. The third-order valence-corrected chi connectivity index (χ3v) is 3.91. The maximum atomic E-state index is 11.9. The summed E-state index contributed by atoms with van der Waals surface area (Å²) in [5, 5.41) is 0. The van der Waals surface area contributed by atoms with Gasteiger partial charge in [-0.15, -0.1) is 0 Å². The summed E-state index contributed by atoms with van der Waals surface area (Å²) in [5.41, 5.74) is 0. The van der Waals surface area contributed by atoms with Gasteiger partial charge in [-0.25, -0.2) is 4.79 Å². The number of hydrogen-bond acceptors (Lipinski definition) is 4. The Kier molecular flexibility index (Phi) is 4.68. The zero-order chi connectivity index (χ0) is 13.9. The fourth-order valence-corrected chi connectivity index (χ4v) is 2.70. The van der Waals surface area contributed by atoms with E-state index in [1.54, 1.807) is 4.90 Å². The second-order valence-corrected chi connectivity index (χ2v) is 5.92. The van der Waals surface area contributed by atoms with Crippen molar-refractivity contribution < 1.29 is 19.0 Å². The summed E-state index contributed by atoms with van der Waals surface area (Å²) >= 11 is 0. The third kappa shape index (κ3) is 3.60. The molecule has 1 aliphatic heterocycles. The molecule has 2 fully saturated rings. The van der Waals surface area contributed by atoms with Gasteiger partial charge in [0, 0.05) is 25.9 Å². The average Bonchev–Trinajstić information content (AvgIpc) is 2.84. The average molecular weight is 271 g/mol. The normalized spacial score (nSPS) is 22.9. The van der Waals surface area contributed by atoms with Gasteiger partial charge in [0.1, 0.15) is 0 Å². The van der Waals surface area contributed by atoms with Crippen molar-refractivity contribution >= 4 is 6.09 Å². The second kappa shape index (κ2) is 6.09. The third-order valence-electron chi connectivity index (χ3n) is 3.91. The molecule has 1 aliphatic carbocycles. The van der Waals surface area contributed by atoms with Gasteiger partial charge in [-0.2, -0.15) is 0 Å². The van der Waals surface area contributed by atoms with Crippen LogP contribution >= 0.6 is 0 Å². The first-order chi connectivity index (χ1) is 9.02. The Hall–Kier alpha value is -0.810. The molecule has 0 unspecified atom stereocenters. The van der Waals surface area contributed by atoms with E-state index < -0.39 is 0 Å². The van der Waals surface area contributed by atoms with Crippen LogP contribution in [0.25, 0.3) is 0 Å². The molecular weight excluding hydrogens is 246 g/mol. The molecule has 0 aromatic rings. The fourth-order valence-electron chi connectivity index (χ4n) is 2.70. The van der Waals surface area contributed by atoms with Gasteiger partial charge in [0.25, 0.3) is 0 Å². The molecular formula is C14H25NO4. The SMILES string of the molecule is CC(C)COC(=O)N(C)C1CCC2(CC1)OCCO2. The van der Waals surface area contributed by atoms with E-state index in [0.29, 0.717) is 25.7 Å². The highest BCUT2D eigenvalue weighted by molar-refractivity contribution is 5.67. The molecule has 0 aromatic carbocycles. The van der Waals surface area contributed by atoms with Crippen molar-refractivity contribution in [3.05, 3.63) is 0 Å². The Bertz CT molecular complexity index is 303. The number of carbonyl (C=O) groups excluding carboxylic acids is 1. The highest BCUT2D eigenvalue weighted by Crippen LogP contribution is 2.37. The van der Waals surface area contributed by atoms with Gasteiger partial charge < -0.3 is 19.1 Å². The number of nitrogens with zero attached hydrogens (tertiary/aromatic N) is 1. The van der Waals surface area contributed by atoms with Crippen LogP contribution in [0.3, 0.4) is 0 Å². The summed E-state index contributed by atoms with van der Waals surface area (Å²) < 4.78 is 16.6. The maximum absolute atomic E-state index is 11.9. The number of carbonyl (C=O) groups is 1. The predicted molar refractivity (Wildman–Crippen MR) is 70.8 cm³/mol. The van der Waals surface area contributed by atoms with Crippen LogP contribution in [0.2, 0.25) is 0 Å². The first kappa shape index (κ1) is 14.6. The zero-order valence-corrected chi connectivity index (χ0v) is 12.2. The minimum absolute atomic E-state index is 0.220. The topological polar surface area (TPSA) is 48.0 Å². The van der Waals surface area contributed by atoms with Gasteiger partial charge in [0.15, 0.2) is 5.79 Å². The Balaban J connectivity index is 1.78. The van der Waals surface area contributed by atoms with Gasteiger partial charge >= 0.3 is 6.09 Å². The summed E-state index contributed by atoms with van der Waals surface area (Å²) in [6, 6.07) is 0.234.